The minimum atomic E-state index is -0.744. The highest BCUT2D eigenvalue weighted by Crippen LogP contribution is 2.02. The Kier molecular flexibility index (Phi) is 20.1. The lowest BCUT2D eigenvalue weighted by Crippen LogP contribution is -2.25. The van der Waals surface area contributed by atoms with Gasteiger partial charge in [0.15, 0.2) is 0 Å². The van der Waals surface area contributed by atoms with Gasteiger partial charge < -0.3 is 15.3 Å². The van der Waals surface area contributed by atoms with Crippen molar-refractivity contribution in [2.24, 2.45) is 0 Å². The van der Waals surface area contributed by atoms with Crippen molar-refractivity contribution >= 4 is 5.91 Å². The van der Waals surface area contributed by atoms with E-state index in [0.29, 0.717) is 13.0 Å². The van der Waals surface area contributed by atoms with Crippen LogP contribution in [0.15, 0.2) is 48.6 Å². The summed E-state index contributed by atoms with van der Waals surface area (Å²) >= 11 is 0. The molecule has 0 aromatic heterocycles. The van der Waals surface area contributed by atoms with Crippen LogP contribution in [0.3, 0.4) is 0 Å². The summed E-state index contributed by atoms with van der Waals surface area (Å²) in [6.45, 7) is 0.501. The van der Waals surface area contributed by atoms with Crippen LogP contribution in [0, 0.1) is 10.1 Å². The molecule has 1 amide bonds. The summed E-state index contributed by atoms with van der Waals surface area (Å²) in [6.07, 6.45) is 25.7. The van der Waals surface area contributed by atoms with Gasteiger partial charge in [-0.25, -0.2) is 0 Å². The van der Waals surface area contributed by atoms with Gasteiger partial charge in [0, 0.05) is 13.0 Å². The van der Waals surface area contributed by atoms with Crippen molar-refractivity contribution in [3.05, 3.63) is 58.7 Å². The van der Waals surface area contributed by atoms with Crippen LogP contribution in [0.5, 0.6) is 0 Å². The Morgan fingerprint density at radius 3 is 1.97 bits per heavy atom. The molecule has 0 heterocycles. The van der Waals surface area contributed by atoms with Crippen LogP contribution in [0.25, 0.3) is 0 Å². The molecule has 0 rings (SSSR count). The van der Waals surface area contributed by atoms with E-state index >= 15 is 0 Å². The lowest BCUT2D eigenvalue weighted by molar-refractivity contribution is -0.757. The van der Waals surface area contributed by atoms with Crippen LogP contribution in [-0.2, 0) is 9.63 Å². The number of carbonyl (C=O) groups excluding carboxylic acids is 1. The topological polar surface area (TPSA) is 102 Å². The number of aliphatic hydroxyl groups is 1. The number of nitrogens with zero attached hydrogens (tertiary/aromatic N) is 1. The van der Waals surface area contributed by atoms with Crippen LogP contribution in [0.4, 0.5) is 0 Å². The lowest BCUT2D eigenvalue weighted by Gasteiger charge is -2.00. The molecule has 0 fully saturated rings. The van der Waals surface area contributed by atoms with E-state index in [4.69, 9.17) is 5.11 Å². The highest BCUT2D eigenvalue weighted by Gasteiger charge is 1.97. The van der Waals surface area contributed by atoms with E-state index in [0.717, 1.165) is 57.8 Å². The molecule has 0 aliphatic heterocycles. The van der Waals surface area contributed by atoms with E-state index in [9.17, 15) is 14.9 Å². The summed E-state index contributed by atoms with van der Waals surface area (Å²) in [5, 5.41) is 20.5. The van der Waals surface area contributed by atoms with Crippen LogP contribution in [-0.4, -0.2) is 35.9 Å². The number of rotatable bonds is 19. The molecule has 29 heavy (non-hydrogen) atoms. The van der Waals surface area contributed by atoms with Gasteiger partial charge in [-0.3, -0.25) is 4.79 Å². The Morgan fingerprint density at radius 1 is 0.862 bits per heavy atom. The molecule has 0 saturated heterocycles. The molecule has 0 atom stereocenters. The predicted molar refractivity (Wildman–Crippen MR) is 116 cm³/mol. The van der Waals surface area contributed by atoms with Crippen molar-refractivity contribution in [2.75, 3.05) is 19.8 Å². The number of hydrogen-bond acceptors (Lipinski definition) is 5. The van der Waals surface area contributed by atoms with E-state index in [1.165, 1.54) is 0 Å². The molecule has 7 heteroatoms. The Bertz CT molecular complexity index is 527. The van der Waals surface area contributed by atoms with Gasteiger partial charge in [0.25, 0.3) is 5.09 Å². The first-order chi connectivity index (χ1) is 14.2. The third-order valence-electron chi connectivity index (χ3n) is 3.90. The van der Waals surface area contributed by atoms with Crippen molar-refractivity contribution in [1.82, 2.24) is 5.32 Å². The maximum atomic E-state index is 11.3. The zero-order chi connectivity index (χ0) is 21.4. The molecule has 0 unspecified atom stereocenters. The molecule has 0 saturated carbocycles. The monoisotopic (exact) mass is 408 g/mol. The normalized spacial score (nSPS) is 11.9. The smallest absolute Gasteiger partial charge is 0.294 e. The quantitative estimate of drug-likeness (QED) is 0.142. The van der Waals surface area contributed by atoms with E-state index < -0.39 is 5.09 Å². The minimum Gasteiger partial charge on any atom is -0.395 e. The summed E-state index contributed by atoms with van der Waals surface area (Å²) in [6, 6.07) is 0. The molecular formula is C22H36N2O5. The van der Waals surface area contributed by atoms with Gasteiger partial charge >= 0.3 is 0 Å². The summed E-state index contributed by atoms with van der Waals surface area (Å²) in [5.74, 6) is -0.00530. The van der Waals surface area contributed by atoms with Gasteiger partial charge in [-0.15, -0.1) is 10.1 Å². The van der Waals surface area contributed by atoms with Gasteiger partial charge in [-0.05, 0) is 51.4 Å². The largest absolute Gasteiger partial charge is 0.395 e. The zero-order valence-electron chi connectivity index (χ0n) is 17.3. The lowest BCUT2D eigenvalue weighted by atomic mass is 10.2. The second kappa shape index (κ2) is 21.9. The molecular weight excluding hydrogens is 372 g/mol. The Labute approximate surface area is 174 Å². The minimum absolute atomic E-state index is 0.00530. The second-order valence-electron chi connectivity index (χ2n) is 6.46. The van der Waals surface area contributed by atoms with E-state index in [1.54, 1.807) is 0 Å². The maximum Gasteiger partial charge on any atom is 0.294 e. The molecule has 0 aromatic rings. The number of hydrogen-bond donors (Lipinski definition) is 2. The Balaban J connectivity index is 3.44. The summed E-state index contributed by atoms with van der Waals surface area (Å²) in [4.78, 5) is 25.5. The fourth-order valence-electron chi connectivity index (χ4n) is 2.39. The van der Waals surface area contributed by atoms with E-state index in [2.05, 4.69) is 58.8 Å². The first-order valence-electron chi connectivity index (χ1n) is 10.4. The van der Waals surface area contributed by atoms with Crippen LogP contribution < -0.4 is 5.32 Å². The molecule has 0 aliphatic rings. The first kappa shape index (κ1) is 26.6. The molecule has 7 nitrogen and oxygen atoms in total. The second-order valence-corrected chi connectivity index (χ2v) is 6.46. The zero-order valence-corrected chi connectivity index (χ0v) is 17.3. The SMILES string of the molecule is O=C(CCC/C=C\C/C=C\C/C=C\C/C=C\CCCCCO[N+](=O)[O-])NCCO. The highest BCUT2D eigenvalue weighted by atomic mass is 16.9. The number of amides is 1. The summed E-state index contributed by atoms with van der Waals surface area (Å²) in [5.41, 5.74) is 0. The fourth-order valence-corrected chi connectivity index (χ4v) is 2.39. The maximum absolute atomic E-state index is 11.3. The molecule has 0 bridgehead atoms. The third-order valence-corrected chi connectivity index (χ3v) is 3.90. The van der Waals surface area contributed by atoms with Gasteiger partial charge in [0.1, 0.15) is 0 Å². The van der Waals surface area contributed by atoms with Gasteiger partial charge in [0.2, 0.25) is 5.91 Å². The van der Waals surface area contributed by atoms with Crippen LogP contribution >= 0.6 is 0 Å². The fraction of sp³-hybridized carbons (Fsp3) is 0.591. The summed E-state index contributed by atoms with van der Waals surface area (Å²) in [7, 11) is 0. The summed E-state index contributed by atoms with van der Waals surface area (Å²) < 4.78 is 0. The van der Waals surface area contributed by atoms with E-state index in [1.807, 2.05) is 0 Å². The van der Waals surface area contributed by atoms with Crippen molar-refractivity contribution < 1.29 is 19.8 Å². The number of carbonyl (C=O) groups is 1. The van der Waals surface area contributed by atoms with Crippen molar-refractivity contribution in [3.63, 3.8) is 0 Å². The number of aliphatic hydroxyl groups excluding tert-OH is 1. The van der Waals surface area contributed by atoms with Crippen molar-refractivity contribution in [3.8, 4) is 0 Å². The standard InChI is InChI=1S/C22H36N2O5/c25-20-19-23-22(26)18-16-14-12-10-8-6-4-2-1-3-5-7-9-11-13-15-17-21-29-24(27)28/h1,3-4,6-7,9-10,12,25H,2,5,8,11,13-21H2,(H,23,26)/b3-1-,6-4-,9-7-,12-10-. The van der Waals surface area contributed by atoms with Crippen molar-refractivity contribution in [1.29, 1.82) is 0 Å². The predicted octanol–water partition coefficient (Wildman–Crippen LogP) is 4.43. The molecule has 164 valence electrons. The molecule has 0 aromatic carbocycles. The Hall–Kier alpha value is -2.41. The number of unbranched alkanes of at least 4 members (excludes halogenated alkanes) is 4. The number of allylic oxidation sites excluding steroid dienone is 8. The highest BCUT2D eigenvalue weighted by molar-refractivity contribution is 5.75. The first-order valence-corrected chi connectivity index (χ1v) is 10.4. The van der Waals surface area contributed by atoms with Gasteiger partial charge in [-0.2, -0.15) is 0 Å². The van der Waals surface area contributed by atoms with Crippen LogP contribution in [0.1, 0.15) is 64.2 Å². The molecule has 2 N–H and O–H groups in total. The van der Waals surface area contributed by atoms with Crippen LogP contribution in [0.2, 0.25) is 0 Å². The van der Waals surface area contributed by atoms with Crippen molar-refractivity contribution in [2.45, 2.75) is 64.2 Å². The average molecular weight is 409 g/mol. The molecule has 0 aliphatic carbocycles. The average Bonchev–Trinajstić information content (AvgIpc) is 2.70. The third kappa shape index (κ3) is 23.6. The van der Waals surface area contributed by atoms with Gasteiger partial charge in [0.05, 0.1) is 13.2 Å². The van der Waals surface area contributed by atoms with E-state index in [-0.39, 0.29) is 19.1 Å². The Morgan fingerprint density at radius 2 is 1.41 bits per heavy atom. The number of nitrogens with one attached hydrogen (secondary N) is 1. The molecule has 0 spiro atoms. The molecule has 0 radical (unpaired) electrons. The van der Waals surface area contributed by atoms with Gasteiger partial charge in [-0.1, -0.05) is 55.0 Å².